The van der Waals surface area contributed by atoms with Crippen LogP contribution in [0, 0.1) is 0 Å². The van der Waals surface area contributed by atoms with Crippen LogP contribution in [0.15, 0.2) is 36.4 Å². The van der Waals surface area contributed by atoms with Crippen LogP contribution in [0.25, 0.3) is 0 Å². The Morgan fingerprint density at radius 1 is 1.00 bits per heavy atom. The zero-order valence-electron chi connectivity index (χ0n) is 16.4. The molecule has 0 saturated carbocycles. The van der Waals surface area contributed by atoms with E-state index in [0.717, 1.165) is 49.7 Å². The number of nitrogens with zero attached hydrogens (tertiary/aromatic N) is 3. The number of rotatable bonds is 2. The molecule has 4 nitrogen and oxygen atoms in total. The van der Waals surface area contributed by atoms with Crippen molar-refractivity contribution in [3.05, 3.63) is 58.4 Å². The standard InChI is InChI=1S/C22H28ClN3O/c1-16(2)17-4-6-18(7-5-17)21(27)25-12-10-22(11-13-25)19-8-9-20(23)26(19)15-14-24(22)3/h4-9,16H,10-15H2,1-3H3. The first-order chi connectivity index (χ1) is 12.9. The number of amides is 1. The summed E-state index contributed by atoms with van der Waals surface area (Å²) < 4.78 is 2.24. The summed E-state index contributed by atoms with van der Waals surface area (Å²) >= 11 is 6.38. The van der Waals surface area contributed by atoms with Crippen LogP contribution in [0.4, 0.5) is 0 Å². The Labute approximate surface area is 166 Å². The van der Waals surface area contributed by atoms with Gasteiger partial charge in [-0.2, -0.15) is 0 Å². The highest BCUT2D eigenvalue weighted by Gasteiger charge is 2.44. The third-order valence-corrected chi connectivity index (χ3v) is 6.83. The molecule has 4 rings (SSSR count). The molecule has 0 radical (unpaired) electrons. The minimum atomic E-state index is -0.0102. The van der Waals surface area contributed by atoms with Gasteiger partial charge in [-0.05, 0) is 55.6 Å². The summed E-state index contributed by atoms with van der Waals surface area (Å²) in [5.74, 6) is 0.626. The molecule has 144 valence electrons. The van der Waals surface area contributed by atoms with Crippen molar-refractivity contribution >= 4 is 17.5 Å². The predicted molar refractivity (Wildman–Crippen MR) is 109 cm³/mol. The lowest BCUT2D eigenvalue weighted by Gasteiger charge is -2.50. The summed E-state index contributed by atoms with van der Waals surface area (Å²) in [6, 6.07) is 12.3. The second-order valence-corrected chi connectivity index (χ2v) is 8.60. The molecule has 0 bridgehead atoms. The zero-order valence-corrected chi connectivity index (χ0v) is 17.2. The fourth-order valence-electron chi connectivity index (χ4n) is 4.65. The number of hydrogen-bond donors (Lipinski definition) is 0. The summed E-state index contributed by atoms with van der Waals surface area (Å²) in [6.07, 6.45) is 1.89. The van der Waals surface area contributed by atoms with E-state index in [1.807, 2.05) is 23.1 Å². The van der Waals surface area contributed by atoms with Crippen molar-refractivity contribution in [1.29, 1.82) is 0 Å². The molecule has 0 atom stereocenters. The first kappa shape index (κ1) is 18.6. The Bertz CT molecular complexity index is 832. The van der Waals surface area contributed by atoms with E-state index in [1.54, 1.807) is 0 Å². The van der Waals surface area contributed by atoms with Gasteiger partial charge in [0.05, 0.1) is 5.54 Å². The Kier molecular flexibility index (Phi) is 4.81. The lowest BCUT2D eigenvalue weighted by molar-refractivity contribution is 0.0132. The largest absolute Gasteiger partial charge is 0.338 e. The second-order valence-electron chi connectivity index (χ2n) is 8.21. The Balaban J connectivity index is 1.51. The van der Waals surface area contributed by atoms with Gasteiger partial charge in [0, 0.05) is 37.4 Å². The SMILES string of the molecule is CC(C)c1ccc(C(=O)N2CCC3(CC2)c2ccc(Cl)n2CCN3C)cc1. The third-order valence-electron chi connectivity index (χ3n) is 6.50. The fourth-order valence-corrected chi connectivity index (χ4v) is 4.89. The number of carbonyl (C=O) groups is 1. The molecule has 2 aromatic rings. The maximum atomic E-state index is 13.0. The molecule has 1 spiro atoms. The van der Waals surface area contributed by atoms with Crippen molar-refractivity contribution in [3.63, 3.8) is 0 Å². The second kappa shape index (κ2) is 6.99. The van der Waals surface area contributed by atoms with Crippen LogP contribution in [0.3, 0.4) is 0 Å². The Morgan fingerprint density at radius 2 is 1.67 bits per heavy atom. The van der Waals surface area contributed by atoms with Gasteiger partial charge >= 0.3 is 0 Å². The molecule has 0 unspecified atom stereocenters. The van der Waals surface area contributed by atoms with Crippen LogP contribution in [0.2, 0.25) is 5.15 Å². The fraction of sp³-hybridized carbons (Fsp3) is 0.500. The molecule has 5 heteroatoms. The van der Waals surface area contributed by atoms with Crippen molar-refractivity contribution in [2.24, 2.45) is 0 Å². The maximum Gasteiger partial charge on any atom is 0.253 e. The van der Waals surface area contributed by atoms with Gasteiger partial charge in [-0.15, -0.1) is 0 Å². The summed E-state index contributed by atoms with van der Waals surface area (Å²) in [5, 5.41) is 0.821. The number of piperidine rings is 1. The lowest BCUT2D eigenvalue weighted by Crippen LogP contribution is -2.56. The smallest absolute Gasteiger partial charge is 0.253 e. The van der Waals surface area contributed by atoms with Gasteiger partial charge in [-0.1, -0.05) is 37.6 Å². The van der Waals surface area contributed by atoms with Crippen LogP contribution in [0.1, 0.15) is 54.2 Å². The molecule has 1 saturated heterocycles. The van der Waals surface area contributed by atoms with Crippen LogP contribution in [-0.4, -0.2) is 47.0 Å². The third kappa shape index (κ3) is 3.09. The van der Waals surface area contributed by atoms with Crippen molar-refractivity contribution < 1.29 is 4.79 Å². The molecule has 3 heterocycles. The summed E-state index contributed by atoms with van der Waals surface area (Å²) in [6.45, 7) is 7.82. The Hall–Kier alpha value is -1.78. The molecule has 1 aromatic heterocycles. The van der Waals surface area contributed by atoms with Gasteiger partial charge in [-0.25, -0.2) is 0 Å². The minimum absolute atomic E-state index is 0.0102. The Morgan fingerprint density at radius 3 is 2.30 bits per heavy atom. The average Bonchev–Trinajstić information content (AvgIpc) is 3.07. The van der Waals surface area contributed by atoms with Crippen LogP contribution < -0.4 is 0 Å². The highest BCUT2D eigenvalue weighted by molar-refractivity contribution is 6.29. The minimum Gasteiger partial charge on any atom is -0.338 e. The molecule has 0 N–H and O–H groups in total. The van der Waals surface area contributed by atoms with E-state index in [4.69, 9.17) is 11.6 Å². The van der Waals surface area contributed by atoms with Gasteiger partial charge in [0.15, 0.2) is 0 Å². The van der Waals surface area contributed by atoms with E-state index < -0.39 is 0 Å². The van der Waals surface area contributed by atoms with E-state index in [9.17, 15) is 4.79 Å². The number of fused-ring (bicyclic) bond motifs is 2. The molecule has 27 heavy (non-hydrogen) atoms. The number of likely N-dealkylation sites (N-methyl/N-ethyl adjacent to an activating group) is 1. The van der Waals surface area contributed by atoms with Crippen LogP contribution in [-0.2, 0) is 12.1 Å². The van der Waals surface area contributed by atoms with E-state index >= 15 is 0 Å². The predicted octanol–water partition coefficient (Wildman–Crippen LogP) is 4.34. The molecule has 1 amide bonds. The van der Waals surface area contributed by atoms with Gasteiger partial charge in [0.2, 0.25) is 0 Å². The average molecular weight is 386 g/mol. The van der Waals surface area contributed by atoms with E-state index in [2.05, 4.69) is 48.6 Å². The van der Waals surface area contributed by atoms with Gasteiger partial charge in [0.25, 0.3) is 5.91 Å². The normalized spacial score (nSPS) is 19.5. The number of aromatic nitrogens is 1. The molecule has 2 aliphatic rings. The highest BCUT2D eigenvalue weighted by Crippen LogP contribution is 2.42. The van der Waals surface area contributed by atoms with E-state index in [0.29, 0.717) is 5.92 Å². The maximum absolute atomic E-state index is 13.0. The number of halogens is 1. The van der Waals surface area contributed by atoms with Crippen LogP contribution >= 0.6 is 11.6 Å². The van der Waals surface area contributed by atoms with Gasteiger partial charge in [0.1, 0.15) is 5.15 Å². The first-order valence-electron chi connectivity index (χ1n) is 9.88. The van der Waals surface area contributed by atoms with E-state index in [-0.39, 0.29) is 11.4 Å². The van der Waals surface area contributed by atoms with Crippen molar-refractivity contribution in [2.45, 2.75) is 44.7 Å². The highest BCUT2D eigenvalue weighted by atomic mass is 35.5. The molecule has 2 aliphatic heterocycles. The topological polar surface area (TPSA) is 28.5 Å². The number of carbonyl (C=O) groups excluding carboxylic acids is 1. The molecular weight excluding hydrogens is 358 g/mol. The lowest BCUT2D eigenvalue weighted by atomic mass is 9.81. The quantitative estimate of drug-likeness (QED) is 0.769. The first-order valence-corrected chi connectivity index (χ1v) is 10.3. The number of hydrogen-bond acceptors (Lipinski definition) is 2. The molecule has 1 fully saturated rings. The van der Waals surface area contributed by atoms with Crippen LogP contribution in [0.5, 0.6) is 0 Å². The number of benzene rings is 1. The van der Waals surface area contributed by atoms with Crippen molar-refractivity contribution in [3.8, 4) is 0 Å². The van der Waals surface area contributed by atoms with Gasteiger partial charge < -0.3 is 9.47 Å². The summed E-state index contributed by atoms with van der Waals surface area (Å²) in [5.41, 5.74) is 3.35. The van der Waals surface area contributed by atoms with Crippen molar-refractivity contribution in [1.82, 2.24) is 14.4 Å². The van der Waals surface area contributed by atoms with E-state index in [1.165, 1.54) is 11.3 Å². The summed E-state index contributed by atoms with van der Waals surface area (Å²) in [4.78, 5) is 17.4. The van der Waals surface area contributed by atoms with Crippen molar-refractivity contribution in [2.75, 3.05) is 26.7 Å². The van der Waals surface area contributed by atoms with Gasteiger partial charge in [-0.3, -0.25) is 9.69 Å². The molecule has 0 aliphatic carbocycles. The molecule has 1 aromatic carbocycles. The zero-order chi connectivity index (χ0) is 19.2. The summed E-state index contributed by atoms with van der Waals surface area (Å²) in [7, 11) is 2.20. The molecular formula is C22H28ClN3O. The number of likely N-dealkylation sites (tertiary alicyclic amines) is 1. The monoisotopic (exact) mass is 385 g/mol.